The van der Waals surface area contributed by atoms with Crippen LogP contribution in [-0.2, 0) is 16.1 Å². The molecule has 0 spiro atoms. The van der Waals surface area contributed by atoms with Gasteiger partial charge >= 0.3 is 0 Å². The van der Waals surface area contributed by atoms with Gasteiger partial charge in [-0.25, -0.2) is 9.97 Å². The lowest BCUT2D eigenvalue weighted by Crippen LogP contribution is -2.40. The van der Waals surface area contributed by atoms with E-state index < -0.39 is 0 Å². The summed E-state index contributed by atoms with van der Waals surface area (Å²) in [6.07, 6.45) is 8.64. The van der Waals surface area contributed by atoms with Crippen LogP contribution in [0.3, 0.4) is 0 Å². The molecule has 1 atom stereocenters. The number of amides is 1. The number of nitrogens with zero attached hydrogens (tertiary/aromatic N) is 3. The molecule has 2 aliphatic rings. The van der Waals surface area contributed by atoms with Crippen LogP contribution in [-0.4, -0.2) is 45.8 Å². The molecule has 152 valence electrons. The maximum Gasteiger partial charge on any atom is 0.227 e. The third kappa shape index (κ3) is 4.76. The van der Waals surface area contributed by atoms with Gasteiger partial charge in [-0.05, 0) is 67.0 Å². The average molecular weight is 498 g/mol. The third-order valence-corrected chi connectivity index (χ3v) is 6.22. The second-order valence-electron chi connectivity index (χ2n) is 8.16. The highest BCUT2D eigenvalue weighted by molar-refractivity contribution is 14.1. The zero-order valence-electron chi connectivity index (χ0n) is 16.4. The topological polar surface area (TPSA) is 78.3 Å². The standard InChI is InChI=1S/C20H27IN4O3/c1-12(24-13(2)26)9-27-16-5-15(6-16)10-28-20-18-17(21)8-25(7-14-3-4-14)19(18)22-11-23-20/h8,11-12,14-16H,3-7,9-10H2,1-2H3,(H,24,26)/t12-,15?,16?/m0/s1. The molecule has 2 aromatic heterocycles. The number of aromatic nitrogens is 3. The normalized spacial score (nSPS) is 22.7. The molecule has 2 saturated carbocycles. The van der Waals surface area contributed by atoms with Gasteiger partial charge in [-0.2, -0.15) is 0 Å². The molecule has 2 fully saturated rings. The van der Waals surface area contributed by atoms with Crippen molar-refractivity contribution in [1.82, 2.24) is 19.9 Å². The van der Waals surface area contributed by atoms with Crippen molar-refractivity contribution >= 4 is 39.5 Å². The van der Waals surface area contributed by atoms with E-state index in [4.69, 9.17) is 9.47 Å². The van der Waals surface area contributed by atoms with E-state index in [0.29, 0.717) is 25.0 Å². The predicted octanol–water partition coefficient (Wildman–Crippen LogP) is 3.14. The summed E-state index contributed by atoms with van der Waals surface area (Å²) in [5.74, 6) is 1.95. The zero-order valence-corrected chi connectivity index (χ0v) is 18.5. The second-order valence-corrected chi connectivity index (χ2v) is 9.32. The quantitative estimate of drug-likeness (QED) is 0.538. The van der Waals surface area contributed by atoms with E-state index in [-0.39, 0.29) is 18.1 Å². The first kappa shape index (κ1) is 19.9. The van der Waals surface area contributed by atoms with Gasteiger partial charge in [-0.15, -0.1) is 0 Å². The minimum atomic E-state index is -0.0206. The Labute approximate surface area is 178 Å². The average Bonchev–Trinajstić information content (AvgIpc) is 3.36. The van der Waals surface area contributed by atoms with Gasteiger partial charge in [0.05, 0.1) is 24.7 Å². The van der Waals surface area contributed by atoms with Gasteiger partial charge in [-0.1, -0.05) is 0 Å². The van der Waals surface area contributed by atoms with Crippen LogP contribution in [0.4, 0.5) is 0 Å². The molecule has 0 aromatic carbocycles. The fourth-order valence-electron chi connectivity index (χ4n) is 3.69. The van der Waals surface area contributed by atoms with E-state index in [2.05, 4.69) is 48.6 Å². The Morgan fingerprint density at radius 2 is 2.14 bits per heavy atom. The summed E-state index contributed by atoms with van der Waals surface area (Å²) in [5.41, 5.74) is 0.975. The first-order valence-corrected chi connectivity index (χ1v) is 11.1. The fraction of sp³-hybridized carbons (Fsp3) is 0.650. The Bertz CT molecular complexity index is 845. The third-order valence-electron chi connectivity index (χ3n) is 5.40. The maximum absolute atomic E-state index is 11.0. The highest BCUT2D eigenvalue weighted by atomic mass is 127. The molecule has 4 rings (SSSR count). The summed E-state index contributed by atoms with van der Waals surface area (Å²) in [7, 11) is 0. The van der Waals surface area contributed by atoms with Crippen LogP contribution in [0.5, 0.6) is 5.88 Å². The summed E-state index contributed by atoms with van der Waals surface area (Å²) < 4.78 is 15.3. The Kier molecular flexibility index (Phi) is 6.05. The number of halogens is 1. The second kappa shape index (κ2) is 8.52. The number of hydrogen-bond acceptors (Lipinski definition) is 5. The van der Waals surface area contributed by atoms with Crippen molar-refractivity contribution in [2.24, 2.45) is 11.8 Å². The monoisotopic (exact) mass is 498 g/mol. The molecular formula is C20H27IN4O3. The number of nitrogens with one attached hydrogen (secondary N) is 1. The van der Waals surface area contributed by atoms with Crippen molar-refractivity contribution in [3.05, 3.63) is 16.1 Å². The van der Waals surface area contributed by atoms with Crippen LogP contribution in [0.25, 0.3) is 11.0 Å². The van der Waals surface area contributed by atoms with Crippen LogP contribution in [0.2, 0.25) is 0 Å². The summed E-state index contributed by atoms with van der Waals surface area (Å²) in [6.45, 7) is 5.72. The molecule has 0 aliphatic heterocycles. The minimum Gasteiger partial charge on any atom is -0.477 e. The van der Waals surface area contributed by atoms with E-state index in [1.165, 1.54) is 19.8 Å². The van der Waals surface area contributed by atoms with Crippen molar-refractivity contribution in [2.45, 2.75) is 58.2 Å². The Morgan fingerprint density at radius 3 is 2.86 bits per heavy atom. The summed E-state index contributed by atoms with van der Waals surface area (Å²) in [4.78, 5) is 19.9. The van der Waals surface area contributed by atoms with E-state index in [1.807, 2.05) is 6.92 Å². The molecule has 8 heteroatoms. The van der Waals surface area contributed by atoms with Gasteiger partial charge in [0.25, 0.3) is 0 Å². The smallest absolute Gasteiger partial charge is 0.227 e. The van der Waals surface area contributed by atoms with Gasteiger partial charge in [-0.3, -0.25) is 4.79 Å². The number of fused-ring (bicyclic) bond motifs is 1. The van der Waals surface area contributed by atoms with E-state index in [0.717, 1.165) is 39.9 Å². The van der Waals surface area contributed by atoms with Gasteiger partial charge in [0.2, 0.25) is 11.8 Å². The number of carbonyl (C=O) groups is 1. The lowest BCUT2D eigenvalue weighted by Gasteiger charge is -2.35. The van der Waals surface area contributed by atoms with E-state index >= 15 is 0 Å². The highest BCUT2D eigenvalue weighted by Gasteiger charge is 2.31. The fourth-order valence-corrected chi connectivity index (χ4v) is 4.50. The zero-order chi connectivity index (χ0) is 19.7. The van der Waals surface area contributed by atoms with Crippen LogP contribution in [0.1, 0.15) is 39.5 Å². The van der Waals surface area contributed by atoms with Gasteiger partial charge in [0.1, 0.15) is 12.0 Å². The molecule has 2 aromatic rings. The Morgan fingerprint density at radius 1 is 1.36 bits per heavy atom. The van der Waals surface area contributed by atoms with Crippen LogP contribution < -0.4 is 10.1 Å². The molecule has 1 N–H and O–H groups in total. The van der Waals surface area contributed by atoms with E-state index in [1.54, 1.807) is 6.33 Å². The van der Waals surface area contributed by atoms with Gasteiger partial charge in [0.15, 0.2) is 0 Å². The first-order valence-electron chi connectivity index (χ1n) is 10.0. The van der Waals surface area contributed by atoms with Crippen LogP contribution in [0.15, 0.2) is 12.5 Å². The van der Waals surface area contributed by atoms with Crippen molar-refractivity contribution in [3.8, 4) is 5.88 Å². The Balaban J connectivity index is 1.27. The van der Waals surface area contributed by atoms with Gasteiger partial charge < -0.3 is 19.4 Å². The summed E-state index contributed by atoms with van der Waals surface area (Å²) in [6, 6.07) is 0.0452. The lowest BCUT2D eigenvalue weighted by atomic mass is 9.83. The SMILES string of the molecule is CC(=O)N[C@@H](C)COC1CC(COc2ncnc3c2c(I)cn3CC2CC2)C1. The molecular weight excluding hydrogens is 471 g/mol. The van der Waals surface area contributed by atoms with Crippen LogP contribution >= 0.6 is 22.6 Å². The molecule has 0 bridgehead atoms. The Hall–Kier alpha value is -1.42. The molecule has 0 unspecified atom stereocenters. The first-order chi connectivity index (χ1) is 13.5. The van der Waals surface area contributed by atoms with Crippen molar-refractivity contribution in [1.29, 1.82) is 0 Å². The van der Waals surface area contributed by atoms with Gasteiger partial charge in [0, 0.05) is 29.3 Å². The summed E-state index contributed by atoms with van der Waals surface area (Å²) in [5, 5.41) is 3.87. The number of ether oxygens (including phenoxy) is 2. The molecule has 2 heterocycles. The molecule has 0 radical (unpaired) electrons. The molecule has 7 nitrogen and oxygen atoms in total. The van der Waals surface area contributed by atoms with Crippen molar-refractivity contribution in [2.75, 3.05) is 13.2 Å². The van der Waals surface area contributed by atoms with Crippen molar-refractivity contribution < 1.29 is 14.3 Å². The molecule has 2 aliphatic carbocycles. The molecule has 0 saturated heterocycles. The highest BCUT2D eigenvalue weighted by Crippen LogP contribution is 2.35. The van der Waals surface area contributed by atoms with Crippen molar-refractivity contribution in [3.63, 3.8) is 0 Å². The predicted molar refractivity (Wildman–Crippen MR) is 114 cm³/mol. The lowest BCUT2D eigenvalue weighted by molar-refractivity contribution is -0.120. The molecule has 1 amide bonds. The minimum absolute atomic E-state index is 0.0206. The summed E-state index contributed by atoms with van der Waals surface area (Å²) >= 11 is 2.35. The number of carbonyl (C=O) groups excluding carboxylic acids is 1. The van der Waals surface area contributed by atoms with Crippen LogP contribution in [0, 0.1) is 15.4 Å². The number of hydrogen-bond donors (Lipinski definition) is 1. The van der Waals surface area contributed by atoms with E-state index in [9.17, 15) is 4.79 Å². The molecule has 28 heavy (non-hydrogen) atoms. The largest absolute Gasteiger partial charge is 0.477 e. The maximum atomic E-state index is 11.0. The number of rotatable bonds is 9.